The van der Waals surface area contributed by atoms with Crippen molar-refractivity contribution >= 4 is 33.3 Å². The minimum Gasteiger partial charge on any atom is -0.467 e. The molecule has 2 aromatic rings. The van der Waals surface area contributed by atoms with E-state index >= 15 is 0 Å². The van der Waals surface area contributed by atoms with Gasteiger partial charge in [0.25, 0.3) is 0 Å². The van der Waals surface area contributed by atoms with Gasteiger partial charge in [0.2, 0.25) is 5.91 Å². The van der Waals surface area contributed by atoms with E-state index in [1.54, 1.807) is 11.3 Å². The zero-order valence-corrected chi connectivity index (χ0v) is 11.6. The number of carbonyl (C=O) groups is 2. The summed E-state index contributed by atoms with van der Waals surface area (Å²) in [6.45, 7) is 1.39. The third-order valence-electron chi connectivity index (χ3n) is 2.82. The molecule has 0 aliphatic carbocycles. The van der Waals surface area contributed by atoms with Crippen LogP contribution in [0, 0.1) is 0 Å². The van der Waals surface area contributed by atoms with Gasteiger partial charge in [-0.05, 0) is 28.5 Å². The second kappa shape index (κ2) is 5.84. The maximum absolute atomic E-state index is 11.6. The van der Waals surface area contributed by atoms with E-state index in [4.69, 9.17) is 4.74 Å². The smallest absolute Gasteiger partial charge is 0.328 e. The first-order valence-corrected chi connectivity index (χ1v) is 6.79. The number of rotatable bonds is 4. The molecule has 4 nitrogen and oxygen atoms in total. The minimum absolute atomic E-state index is 0.244. The molecule has 100 valence electrons. The molecule has 1 amide bonds. The number of nitrogens with one attached hydrogen (secondary N) is 1. The quantitative estimate of drug-likeness (QED) is 0.871. The van der Waals surface area contributed by atoms with Crippen molar-refractivity contribution < 1.29 is 14.3 Å². The molecule has 1 heterocycles. The molecule has 0 aliphatic heterocycles. The molecule has 1 N–H and O–H groups in total. The average molecular weight is 277 g/mol. The first-order valence-electron chi connectivity index (χ1n) is 5.91. The highest BCUT2D eigenvalue weighted by atomic mass is 32.1. The predicted octanol–water partition coefficient (Wildman–Crippen LogP) is 2.12. The predicted molar refractivity (Wildman–Crippen MR) is 75.1 cm³/mol. The molecule has 0 unspecified atom stereocenters. The number of methoxy groups -OCH3 is 1. The van der Waals surface area contributed by atoms with Crippen molar-refractivity contribution in [2.45, 2.75) is 19.4 Å². The summed E-state index contributed by atoms with van der Waals surface area (Å²) in [5, 5.41) is 5.79. The third kappa shape index (κ3) is 3.32. The van der Waals surface area contributed by atoms with Gasteiger partial charge in [0, 0.05) is 18.0 Å². The number of thiophene rings is 1. The highest BCUT2D eigenvalue weighted by Gasteiger charge is 2.20. The first kappa shape index (κ1) is 13.5. The SMILES string of the molecule is COC(=O)[C@H](Cc1ccc2sccc2c1)NC(C)=O. The largest absolute Gasteiger partial charge is 0.467 e. The summed E-state index contributed by atoms with van der Waals surface area (Å²) in [5.41, 5.74) is 0.995. The van der Waals surface area contributed by atoms with E-state index in [2.05, 4.69) is 5.32 Å². The van der Waals surface area contributed by atoms with Crippen molar-refractivity contribution in [2.75, 3.05) is 7.11 Å². The van der Waals surface area contributed by atoms with Crippen LogP contribution in [0.5, 0.6) is 0 Å². The fourth-order valence-corrected chi connectivity index (χ4v) is 2.73. The molecule has 0 aliphatic rings. The van der Waals surface area contributed by atoms with E-state index in [1.807, 2.05) is 29.6 Å². The first-order chi connectivity index (χ1) is 9.10. The number of hydrogen-bond acceptors (Lipinski definition) is 4. The molecule has 1 aromatic heterocycles. The second-order valence-electron chi connectivity index (χ2n) is 4.27. The number of esters is 1. The van der Waals surface area contributed by atoms with Crippen molar-refractivity contribution in [2.24, 2.45) is 0 Å². The summed E-state index contributed by atoms with van der Waals surface area (Å²) >= 11 is 1.67. The van der Waals surface area contributed by atoms with E-state index in [1.165, 1.54) is 18.7 Å². The Kier molecular flexibility index (Phi) is 4.16. The Morgan fingerprint density at radius 1 is 1.37 bits per heavy atom. The van der Waals surface area contributed by atoms with Crippen LogP contribution in [0.15, 0.2) is 29.6 Å². The van der Waals surface area contributed by atoms with Gasteiger partial charge in [0.15, 0.2) is 0 Å². The summed E-state index contributed by atoms with van der Waals surface area (Å²) in [6.07, 6.45) is 0.429. The molecule has 1 atom stereocenters. The molecule has 1 aromatic carbocycles. The van der Waals surface area contributed by atoms with Gasteiger partial charge in [-0.15, -0.1) is 11.3 Å². The van der Waals surface area contributed by atoms with E-state index in [9.17, 15) is 9.59 Å². The van der Waals surface area contributed by atoms with Crippen LogP contribution in [-0.2, 0) is 20.7 Å². The molecule has 0 saturated heterocycles. The van der Waals surface area contributed by atoms with Gasteiger partial charge < -0.3 is 10.1 Å². The van der Waals surface area contributed by atoms with Crippen molar-refractivity contribution in [1.82, 2.24) is 5.32 Å². The highest BCUT2D eigenvalue weighted by molar-refractivity contribution is 7.17. The summed E-state index contributed by atoms with van der Waals surface area (Å²) < 4.78 is 5.91. The Labute approximate surface area is 115 Å². The van der Waals surface area contributed by atoms with Crippen LogP contribution in [0.25, 0.3) is 10.1 Å². The second-order valence-corrected chi connectivity index (χ2v) is 5.22. The van der Waals surface area contributed by atoms with E-state index in [0.717, 1.165) is 10.9 Å². The van der Waals surface area contributed by atoms with Gasteiger partial charge in [0.1, 0.15) is 6.04 Å². The maximum Gasteiger partial charge on any atom is 0.328 e. The van der Waals surface area contributed by atoms with Gasteiger partial charge in [0.05, 0.1) is 7.11 Å². The molecule has 0 bridgehead atoms. The lowest BCUT2D eigenvalue weighted by molar-refractivity contribution is -0.144. The van der Waals surface area contributed by atoms with Crippen LogP contribution in [0.2, 0.25) is 0 Å². The fraction of sp³-hybridized carbons (Fsp3) is 0.286. The number of hydrogen-bond donors (Lipinski definition) is 1. The monoisotopic (exact) mass is 277 g/mol. The number of fused-ring (bicyclic) bond motifs is 1. The number of ether oxygens (including phenoxy) is 1. The topological polar surface area (TPSA) is 55.4 Å². The van der Waals surface area contributed by atoms with Crippen molar-refractivity contribution in [3.63, 3.8) is 0 Å². The van der Waals surface area contributed by atoms with Crippen molar-refractivity contribution in [3.05, 3.63) is 35.2 Å². The number of carbonyl (C=O) groups excluding carboxylic acids is 2. The van der Waals surface area contributed by atoms with Crippen LogP contribution in [0.3, 0.4) is 0 Å². The zero-order valence-electron chi connectivity index (χ0n) is 10.8. The van der Waals surface area contributed by atoms with Crippen LogP contribution >= 0.6 is 11.3 Å². The molecule has 0 saturated carbocycles. The molecule has 0 radical (unpaired) electrons. The van der Waals surface area contributed by atoms with Crippen molar-refractivity contribution in [3.8, 4) is 0 Å². The van der Waals surface area contributed by atoms with Crippen LogP contribution < -0.4 is 5.32 Å². The van der Waals surface area contributed by atoms with E-state index in [-0.39, 0.29) is 5.91 Å². The van der Waals surface area contributed by atoms with Crippen LogP contribution in [0.1, 0.15) is 12.5 Å². The normalized spacial score (nSPS) is 12.1. The van der Waals surface area contributed by atoms with Gasteiger partial charge >= 0.3 is 5.97 Å². The van der Waals surface area contributed by atoms with E-state index in [0.29, 0.717) is 6.42 Å². The lowest BCUT2D eigenvalue weighted by atomic mass is 10.0. The molecular formula is C14H15NO3S. The molecule has 5 heteroatoms. The Bertz CT molecular complexity index is 606. The zero-order chi connectivity index (χ0) is 13.8. The molecule has 2 rings (SSSR count). The standard InChI is InChI=1S/C14H15NO3S/c1-9(16)15-12(14(17)18-2)8-10-3-4-13-11(7-10)5-6-19-13/h3-7,12H,8H2,1-2H3,(H,15,16)/t12-/m0/s1. The minimum atomic E-state index is -0.640. The van der Waals surface area contributed by atoms with Crippen LogP contribution in [-0.4, -0.2) is 25.0 Å². The van der Waals surface area contributed by atoms with E-state index < -0.39 is 12.0 Å². The Balaban J connectivity index is 2.19. The lowest BCUT2D eigenvalue weighted by Crippen LogP contribution is -2.41. The summed E-state index contributed by atoms with van der Waals surface area (Å²) in [7, 11) is 1.32. The van der Waals surface area contributed by atoms with Crippen molar-refractivity contribution in [1.29, 1.82) is 0 Å². The molecule has 0 fully saturated rings. The Morgan fingerprint density at radius 3 is 2.84 bits per heavy atom. The van der Waals surface area contributed by atoms with Gasteiger partial charge in [-0.1, -0.05) is 12.1 Å². The average Bonchev–Trinajstić information content (AvgIpc) is 2.84. The summed E-state index contributed by atoms with van der Waals surface area (Å²) in [5.74, 6) is -0.673. The fourth-order valence-electron chi connectivity index (χ4n) is 1.96. The molecule has 19 heavy (non-hydrogen) atoms. The Morgan fingerprint density at radius 2 is 2.16 bits per heavy atom. The number of amides is 1. The van der Waals surface area contributed by atoms with Crippen LogP contribution in [0.4, 0.5) is 0 Å². The molecular weight excluding hydrogens is 262 g/mol. The van der Waals surface area contributed by atoms with Gasteiger partial charge in [-0.25, -0.2) is 4.79 Å². The summed E-state index contributed by atoms with van der Waals surface area (Å²) in [6, 6.07) is 7.42. The molecule has 0 spiro atoms. The third-order valence-corrected chi connectivity index (χ3v) is 3.72. The van der Waals surface area contributed by atoms with Gasteiger partial charge in [-0.3, -0.25) is 4.79 Å². The lowest BCUT2D eigenvalue weighted by Gasteiger charge is -2.15. The number of benzene rings is 1. The Hall–Kier alpha value is -1.88. The maximum atomic E-state index is 11.6. The summed E-state index contributed by atoms with van der Waals surface area (Å²) in [4.78, 5) is 22.7. The van der Waals surface area contributed by atoms with Gasteiger partial charge in [-0.2, -0.15) is 0 Å². The highest BCUT2D eigenvalue weighted by Crippen LogP contribution is 2.22.